The maximum atomic E-state index is 9.28. The van der Waals surface area contributed by atoms with Crippen LogP contribution in [0.15, 0.2) is 36.4 Å². The Kier molecular flexibility index (Phi) is 4.94. The summed E-state index contributed by atoms with van der Waals surface area (Å²) in [7, 11) is 0. The van der Waals surface area contributed by atoms with Gasteiger partial charge < -0.3 is 9.84 Å². The highest BCUT2D eigenvalue weighted by atomic mass is 35.5. The van der Waals surface area contributed by atoms with Crippen molar-refractivity contribution in [2.45, 2.75) is 13.2 Å². The molecule has 0 unspecified atom stereocenters. The molecule has 100 valence electrons. The summed E-state index contributed by atoms with van der Waals surface area (Å²) in [5, 5.41) is 10.9. The Morgan fingerprint density at radius 3 is 2.53 bits per heavy atom. The Morgan fingerprint density at radius 1 is 1.00 bits per heavy atom. The molecule has 1 N–H and O–H groups in total. The third-order valence-corrected chi connectivity index (χ3v) is 3.58. The van der Waals surface area contributed by atoms with Crippen LogP contribution in [0.2, 0.25) is 15.1 Å². The minimum atomic E-state index is -0.182. The standard InChI is InChI=1S/C14H11Cl3O2/c15-10-4-5-12(16)9(6-10)8-19-14-3-1-2-13(17)11(14)7-18/h1-6,18H,7-8H2. The van der Waals surface area contributed by atoms with E-state index in [1.54, 1.807) is 36.4 Å². The number of hydrogen-bond donors (Lipinski definition) is 1. The lowest BCUT2D eigenvalue weighted by Gasteiger charge is -2.12. The number of rotatable bonds is 4. The molecule has 2 nitrogen and oxygen atoms in total. The fraction of sp³-hybridized carbons (Fsp3) is 0.143. The van der Waals surface area contributed by atoms with E-state index in [9.17, 15) is 5.11 Å². The number of aliphatic hydroxyl groups excluding tert-OH is 1. The molecule has 0 aromatic heterocycles. The van der Waals surface area contributed by atoms with Gasteiger partial charge in [0.1, 0.15) is 12.4 Å². The zero-order chi connectivity index (χ0) is 13.8. The molecule has 0 atom stereocenters. The van der Waals surface area contributed by atoms with Gasteiger partial charge in [0.2, 0.25) is 0 Å². The van der Waals surface area contributed by atoms with E-state index in [2.05, 4.69) is 0 Å². The SMILES string of the molecule is OCc1c(Cl)cccc1OCc1cc(Cl)ccc1Cl. The summed E-state index contributed by atoms with van der Waals surface area (Å²) in [5.74, 6) is 0.533. The third-order valence-electron chi connectivity index (χ3n) is 2.62. The maximum Gasteiger partial charge on any atom is 0.126 e. The van der Waals surface area contributed by atoms with Crippen molar-refractivity contribution >= 4 is 34.8 Å². The second kappa shape index (κ2) is 6.49. The van der Waals surface area contributed by atoms with Gasteiger partial charge in [0.25, 0.3) is 0 Å². The van der Waals surface area contributed by atoms with Crippen LogP contribution >= 0.6 is 34.8 Å². The van der Waals surface area contributed by atoms with Gasteiger partial charge in [-0.25, -0.2) is 0 Å². The van der Waals surface area contributed by atoms with E-state index >= 15 is 0 Å². The minimum absolute atomic E-state index is 0.182. The van der Waals surface area contributed by atoms with Crippen LogP contribution in [0.3, 0.4) is 0 Å². The van der Waals surface area contributed by atoms with Gasteiger partial charge in [0.05, 0.1) is 6.61 Å². The molecule has 5 heteroatoms. The van der Waals surface area contributed by atoms with Crippen molar-refractivity contribution in [3.63, 3.8) is 0 Å². The van der Waals surface area contributed by atoms with Crippen LogP contribution in [0.4, 0.5) is 0 Å². The summed E-state index contributed by atoms with van der Waals surface area (Å²) >= 11 is 17.9. The number of benzene rings is 2. The summed E-state index contributed by atoms with van der Waals surface area (Å²) in [6, 6.07) is 10.4. The average Bonchev–Trinajstić information content (AvgIpc) is 2.40. The zero-order valence-electron chi connectivity index (χ0n) is 9.87. The molecule has 0 aliphatic rings. The lowest BCUT2D eigenvalue weighted by molar-refractivity contribution is 0.259. The first kappa shape index (κ1) is 14.5. The molecule has 0 aliphatic carbocycles. The molecule has 0 fully saturated rings. The fourth-order valence-electron chi connectivity index (χ4n) is 1.64. The van der Waals surface area contributed by atoms with E-state index < -0.39 is 0 Å². The highest BCUT2D eigenvalue weighted by molar-refractivity contribution is 6.33. The van der Waals surface area contributed by atoms with Crippen molar-refractivity contribution in [3.8, 4) is 5.75 Å². The van der Waals surface area contributed by atoms with Gasteiger partial charge in [-0.15, -0.1) is 0 Å². The highest BCUT2D eigenvalue weighted by Gasteiger charge is 2.08. The number of ether oxygens (including phenoxy) is 1. The molecule has 2 rings (SSSR count). The second-order valence-corrected chi connectivity index (χ2v) is 5.15. The van der Waals surface area contributed by atoms with Crippen LogP contribution in [0.25, 0.3) is 0 Å². The largest absolute Gasteiger partial charge is 0.488 e. The Bertz CT molecular complexity index is 585. The quantitative estimate of drug-likeness (QED) is 0.884. The third kappa shape index (κ3) is 3.54. The van der Waals surface area contributed by atoms with Crippen molar-refractivity contribution in [2.75, 3.05) is 0 Å². The molecule has 0 heterocycles. The van der Waals surface area contributed by atoms with Crippen LogP contribution in [-0.2, 0) is 13.2 Å². The van der Waals surface area contributed by atoms with Gasteiger partial charge in [0, 0.05) is 26.2 Å². The molecule has 0 radical (unpaired) electrons. The molecule has 0 amide bonds. The Hall–Kier alpha value is -0.930. The first-order chi connectivity index (χ1) is 9.11. The van der Waals surface area contributed by atoms with Crippen LogP contribution in [0, 0.1) is 0 Å². The Balaban J connectivity index is 2.19. The second-order valence-electron chi connectivity index (χ2n) is 3.90. The van der Waals surface area contributed by atoms with Gasteiger partial charge in [0.15, 0.2) is 0 Å². The Labute approximate surface area is 126 Å². The van der Waals surface area contributed by atoms with Crippen LogP contribution in [-0.4, -0.2) is 5.11 Å². The Morgan fingerprint density at radius 2 is 1.79 bits per heavy atom. The van der Waals surface area contributed by atoms with Crippen molar-refractivity contribution < 1.29 is 9.84 Å². The monoisotopic (exact) mass is 316 g/mol. The molecule has 0 spiro atoms. The predicted molar refractivity (Wildman–Crippen MR) is 78.2 cm³/mol. The van der Waals surface area contributed by atoms with Gasteiger partial charge in [-0.1, -0.05) is 40.9 Å². The topological polar surface area (TPSA) is 29.5 Å². The van der Waals surface area contributed by atoms with Crippen molar-refractivity contribution in [1.29, 1.82) is 0 Å². The van der Waals surface area contributed by atoms with E-state index in [4.69, 9.17) is 39.5 Å². The maximum absolute atomic E-state index is 9.28. The van der Waals surface area contributed by atoms with E-state index in [0.29, 0.717) is 26.4 Å². The first-order valence-corrected chi connectivity index (χ1v) is 6.70. The van der Waals surface area contributed by atoms with E-state index in [1.165, 1.54) is 0 Å². The first-order valence-electron chi connectivity index (χ1n) is 5.57. The lowest BCUT2D eigenvalue weighted by Crippen LogP contribution is -2.00. The number of aliphatic hydroxyl groups is 1. The zero-order valence-corrected chi connectivity index (χ0v) is 12.1. The lowest BCUT2D eigenvalue weighted by atomic mass is 10.2. The molecule has 19 heavy (non-hydrogen) atoms. The van der Waals surface area contributed by atoms with E-state index in [-0.39, 0.29) is 13.2 Å². The van der Waals surface area contributed by atoms with Crippen LogP contribution in [0.5, 0.6) is 5.75 Å². The molecular weight excluding hydrogens is 307 g/mol. The van der Waals surface area contributed by atoms with Gasteiger partial charge in [-0.3, -0.25) is 0 Å². The normalized spacial score (nSPS) is 10.5. The molecule has 2 aromatic rings. The number of halogens is 3. The summed E-state index contributed by atoms with van der Waals surface area (Å²) in [6.07, 6.45) is 0. The van der Waals surface area contributed by atoms with E-state index in [0.717, 1.165) is 5.56 Å². The summed E-state index contributed by atoms with van der Waals surface area (Å²) in [4.78, 5) is 0. The molecule has 0 aliphatic heterocycles. The van der Waals surface area contributed by atoms with E-state index in [1.807, 2.05) is 0 Å². The predicted octanol–water partition coefficient (Wildman–Crippen LogP) is 4.72. The minimum Gasteiger partial charge on any atom is -0.488 e. The van der Waals surface area contributed by atoms with Crippen molar-refractivity contribution in [1.82, 2.24) is 0 Å². The smallest absolute Gasteiger partial charge is 0.126 e. The van der Waals surface area contributed by atoms with Gasteiger partial charge in [-0.05, 0) is 30.3 Å². The van der Waals surface area contributed by atoms with Gasteiger partial charge >= 0.3 is 0 Å². The van der Waals surface area contributed by atoms with Crippen LogP contribution in [0.1, 0.15) is 11.1 Å². The van der Waals surface area contributed by atoms with Crippen molar-refractivity contribution in [2.24, 2.45) is 0 Å². The average molecular weight is 318 g/mol. The van der Waals surface area contributed by atoms with Gasteiger partial charge in [-0.2, -0.15) is 0 Å². The summed E-state index contributed by atoms with van der Waals surface area (Å²) in [6.45, 7) is 0.0744. The molecule has 0 saturated carbocycles. The number of hydrogen-bond acceptors (Lipinski definition) is 2. The molecule has 0 bridgehead atoms. The highest BCUT2D eigenvalue weighted by Crippen LogP contribution is 2.28. The summed E-state index contributed by atoms with van der Waals surface area (Å²) in [5.41, 5.74) is 1.33. The van der Waals surface area contributed by atoms with Crippen molar-refractivity contribution in [3.05, 3.63) is 62.6 Å². The fourth-order valence-corrected chi connectivity index (χ4v) is 2.23. The molecule has 0 saturated heterocycles. The summed E-state index contributed by atoms with van der Waals surface area (Å²) < 4.78 is 5.64. The molecule has 2 aromatic carbocycles. The molecular formula is C14H11Cl3O2. The van der Waals surface area contributed by atoms with Crippen LogP contribution < -0.4 is 4.74 Å².